The lowest BCUT2D eigenvalue weighted by atomic mass is 10.0. The summed E-state index contributed by atoms with van der Waals surface area (Å²) >= 11 is 5.89. The summed E-state index contributed by atoms with van der Waals surface area (Å²) in [6.45, 7) is 2.06. The van der Waals surface area contributed by atoms with Crippen LogP contribution in [0.4, 0.5) is 4.39 Å². The van der Waals surface area contributed by atoms with Gasteiger partial charge in [0.05, 0.1) is 11.4 Å². The molecule has 22 heavy (non-hydrogen) atoms. The molecule has 0 aliphatic heterocycles. The molecule has 0 bridgehead atoms. The predicted molar refractivity (Wildman–Crippen MR) is 83.2 cm³/mol. The van der Waals surface area contributed by atoms with Crippen LogP contribution in [-0.4, -0.2) is 20.2 Å². The molecule has 0 aliphatic carbocycles. The second-order valence-corrected chi connectivity index (χ2v) is 5.29. The van der Waals surface area contributed by atoms with Crippen LogP contribution in [0.2, 0.25) is 5.15 Å². The smallest absolute Gasteiger partial charge is 0.132 e. The van der Waals surface area contributed by atoms with Crippen molar-refractivity contribution in [3.8, 4) is 11.3 Å². The summed E-state index contributed by atoms with van der Waals surface area (Å²) in [5.41, 5.74) is 4.64. The molecule has 4 nitrogen and oxygen atoms in total. The highest BCUT2D eigenvalue weighted by Crippen LogP contribution is 2.26. The van der Waals surface area contributed by atoms with Gasteiger partial charge in [-0.2, -0.15) is 5.10 Å². The third-order valence-electron chi connectivity index (χ3n) is 3.47. The molecule has 0 saturated carbocycles. The van der Waals surface area contributed by atoms with E-state index < -0.39 is 0 Å². The van der Waals surface area contributed by atoms with Gasteiger partial charge in [-0.3, -0.25) is 5.10 Å². The zero-order chi connectivity index (χ0) is 15.5. The molecule has 2 heterocycles. The molecule has 0 amide bonds. The first kappa shape index (κ1) is 14.7. The normalized spacial score (nSPS) is 10.9. The molecule has 0 aliphatic rings. The summed E-state index contributed by atoms with van der Waals surface area (Å²) in [5, 5.41) is 7.86. The first-order valence-corrected chi connectivity index (χ1v) is 7.33. The average Bonchev–Trinajstić information content (AvgIpc) is 2.90. The second-order valence-electron chi connectivity index (χ2n) is 4.90. The van der Waals surface area contributed by atoms with Gasteiger partial charge in [-0.1, -0.05) is 18.5 Å². The molecule has 0 radical (unpaired) electrons. The Labute approximate surface area is 132 Å². The molecule has 0 unspecified atom stereocenters. The van der Waals surface area contributed by atoms with Gasteiger partial charge in [-0.05, 0) is 36.8 Å². The van der Waals surface area contributed by atoms with Gasteiger partial charge in [0.25, 0.3) is 0 Å². The minimum atomic E-state index is -0.256. The van der Waals surface area contributed by atoms with E-state index in [4.69, 9.17) is 11.6 Å². The van der Waals surface area contributed by atoms with E-state index in [9.17, 15) is 4.39 Å². The Morgan fingerprint density at radius 3 is 2.64 bits per heavy atom. The Morgan fingerprint density at radius 2 is 1.95 bits per heavy atom. The van der Waals surface area contributed by atoms with Crippen molar-refractivity contribution in [3.05, 3.63) is 64.6 Å². The zero-order valence-corrected chi connectivity index (χ0v) is 12.7. The molecule has 1 aromatic carbocycles. The van der Waals surface area contributed by atoms with Crippen molar-refractivity contribution in [3.63, 3.8) is 0 Å². The summed E-state index contributed by atoms with van der Waals surface area (Å²) in [4.78, 5) is 8.09. The largest absolute Gasteiger partial charge is 0.281 e. The minimum absolute atomic E-state index is 0.256. The molecular weight excluding hydrogens is 303 g/mol. The van der Waals surface area contributed by atoms with Gasteiger partial charge in [0.15, 0.2) is 0 Å². The highest BCUT2D eigenvalue weighted by molar-refractivity contribution is 6.29. The minimum Gasteiger partial charge on any atom is -0.281 e. The number of hydrogen-bond donors (Lipinski definition) is 1. The molecule has 3 rings (SSSR count). The van der Waals surface area contributed by atoms with Gasteiger partial charge >= 0.3 is 0 Å². The lowest BCUT2D eigenvalue weighted by molar-refractivity contribution is 0.628. The molecule has 1 N–H and O–H groups in total. The van der Waals surface area contributed by atoms with Crippen molar-refractivity contribution in [2.24, 2.45) is 0 Å². The standard InChI is InChI=1S/C16H14ClFN4/c1-2-13-14(7-12-8-15(17)20-9-19-12)21-22-16(13)10-3-5-11(18)6-4-10/h3-6,8-9H,2,7H2,1H3,(H,21,22). The van der Waals surface area contributed by atoms with Crippen LogP contribution in [0.25, 0.3) is 11.3 Å². The zero-order valence-electron chi connectivity index (χ0n) is 12.0. The molecule has 112 valence electrons. The molecule has 0 atom stereocenters. The molecule has 2 aromatic heterocycles. The Balaban J connectivity index is 1.95. The van der Waals surface area contributed by atoms with Gasteiger partial charge in [0.2, 0.25) is 0 Å². The van der Waals surface area contributed by atoms with E-state index >= 15 is 0 Å². The van der Waals surface area contributed by atoms with E-state index in [1.165, 1.54) is 18.5 Å². The number of nitrogens with one attached hydrogen (secondary N) is 1. The molecule has 0 spiro atoms. The average molecular weight is 317 g/mol. The van der Waals surface area contributed by atoms with E-state index in [-0.39, 0.29) is 5.82 Å². The number of hydrogen-bond acceptors (Lipinski definition) is 3. The van der Waals surface area contributed by atoms with Crippen LogP contribution >= 0.6 is 11.6 Å². The van der Waals surface area contributed by atoms with E-state index in [0.29, 0.717) is 11.6 Å². The first-order chi connectivity index (χ1) is 10.7. The SMILES string of the molecule is CCc1c(-c2ccc(F)cc2)n[nH]c1Cc1cc(Cl)ncn1. The third kappa shape index (κ3) is 2.99. The highest BCUT2D eigenvalue weighted by atomic mass is 35.5. The lowest BCUT2D eigenvalue weighted by Crippen LogP contribution is -1.97. The van der Waals surface area contributed by atoms with Gasteiger partial charge in [0.1, 0.15) is 17.3 Å². The Hall–Kier alpha value is -2.27. The van der Waals surface area contributed by atoms with E-state index in [2.05, 4.69) is 27.1 Å². The summed E-state index contributed by atoms with van der Waals surface area (Å²) in [5.74, 6) is -0.256. The van der Waals surface area contributed by atoms with E-state index in [0.717, 1.165) is 34.6 Å². The summed E-state index contributed by atoms with van der Waals surface area (Å²) in [6.07, 6.45) is 2.86. The number of benzene rings is 1. The first-order valence-electron chi connectivity index (χ1n) is 6.96. The predicted octanol–water partition coefficient (Wildman–Crippen LogP) is 3.81. The number of aromatic amines is 1. The van der Waals surface area contributed by atoms with Crippen molar-refractivity contribution in [2.75, 3.05) is 0 Å². The number of aromatic nitrogens is 4. The second kappa shape index (κ2) is 6.23. The van der Waals surface area contributed by atoms with E-state index in [1.807, 2.05) is 0 Å². The fourth-order valence-corrected chi connectivity index (χ4v) is 2.59. The summed E-state index contributed by atoms with van der Waals surface area (Å²) in [7, 11) is 0. The van der Waals surface area contributed by atoms with Crippen molar-refractivity contribution >= 4 is 11.6 Å². The van der Waals surface area contributed by atoms with Crippen molar-refractivity contribution < 1.29 is 4.39 Å². The van der Waals surface area contributed by atoms with Crippen LogP contribution in [0.1, 0.15) is 23.9 Å². The van der Waals surface area contributed by atoms with Crippen LogP contribution < -0.4 is 0 Å². The number of rotatable bonds is 4. The number of nitrogens with zero attached hydrogens (tertiary/aromatic N) is 3. The molecule has 0 fully saturated rings. The fraction of sp³-hybridized carbons (Fsp3) is 0.188. The molecule has 6 heteroatoms. The highest BCUT2D eigenvalue weighted by Gasteiger charge is 2.14. The Kier molecular flexibility index (Phi) is 4.15. The van der Waals surface area contributed by atoms with Gasteiger partial charge in [0, 0.05) is 23.2 Å². The number of H-pyrrole nitrogens is 1. The summed E-state index contributed by atoms with van der Waals surface area (Å²) < 4.78 is 13.1. The maximum Gasteiger partial charge on any atom is 0.132 e. The molecule has 3 aromatic rings. The van der Waals surface area contributed by atoms with Crippen LogP contribution in [0.5, 0.6) is 0 Å². The lowest BCUT2D eigenvalue weighted by Gasteiger charge is -2.04. The van der Waals surface area contributed by atoms with Gasteiger partial charge in [-0.15, -0.1) is 0 Å². The van der Waals surface area contributed by atoms with Crippen molar-refractivity contribution in [1.82, 2.24) is 20.2 Å². The fourth-order valence-electron chi connectivity index (χ4n) is 2.42. The van der Waals surface area contributed by atoms with Crippen LogP contribution in [0.15, 0.2) is 36.7 Å². The van der Waals surface area contributed by atoms with Crippen LogP contribution in [-0.2, 0) is 12.8 Å². The van der Waals surface area contributed by atoms with Crippen LogP contribution in [0.3, 0.4) is 0 Å². The monoisotopic (exact) mass is 316 g/mol. The quantitative estimate of drug-likeness (QED) is 0.745. The Morgan fingerprint density at radius 1 is 1.18 bits per heavy atom. The van der Waals surface area contributed by atoms with Gasteiger partial charge < -0.3 is 0 Å². The third-order valence-corrected chi connectivity index (χ3v) is 3.68. The molecular formula is C16H14ClFN4. The van der Waals surface area contributed by atoms with Crippen molar-refractivity contribution in [1.29, 1.82) is 0 Å². The van der Waals surface area contributed by atoms with E-state index in [1.54, 1.807) is 18.2 Å². The maximum atomic E-state index is 13.1. The molecule has 0 saturated heterocycles. The van der Waals surface area contributed by atoms with Gasteiger partial charge in [-0.25, -0.2) is 14.4 Å². The number of halogens is 2. The summed E-state index contributed by atoms with van der Waals surface area (Å²) in [6, 6.07) is 8.08. The Bertz CT molecular complexity index is 783. The van der Waals surface area contributed by atoms with Crippen molar-refractivity contribution in [2.45, 2.75) is 19.8 Å². The maximum absolute atomic E-state index is 13.1. The van der Waals surface area contributed by atoms with Crippen LogP contribution in [0, 0.1) is 5.82 Å². The topological polar surface area (TPSA) is 54.5 Å².